The third-order valence-corrected chi connectivity index (χ3v) is 14.1. The summed E-state index contributed by atoms with van der Waals surface area (Å²) in [5, 5.41) is 0. The number of hydrogen-bond donors (Lipinski definition) is 0. The van der Waals surface area contributed by atoms with Crippen molar-refractivity contribution in [2.45, 2.75) is 105 Å². The summed E-state index contributed by atoms with van der Waals surface area (Å²) in [6.45, 7) is 26.8. The lowest BCUT2D eigenvalue weighted by Gasteiger charge is -2.51. The Morgan fingerprint density at radius 1 is 0.500 bits per heavy atom. The maximum Gasteiger partial charge on any atom is 0.0519 e. The summed E-state index contributed by atoms with van der Waals surface area (Å²) in [5.41, 5.74) is 13.8. The molecule has 0 saturated carbocycles. The van der Waals surface area contributed by atoms with E-state index in [1.807, 2.05) is 0 Å². The minimum atomic E-state index is -0.107. The largest absolute Gasteiger partial charge is 0.282 e. The maximum atomic E-state index is 2.86. The Hall–Kier alpha value is -3.95. The molecule has 0 N–H and O–H groups in total. The second-order valence-corrected chi connectivity index (χ2v) is 17.9. The number of rotatable bonds is 10. The molecule has 0 amide bonds. The Morgan fingerprint density at radius 3 is 1.16 bits per heavy atom. The van der Waals surface area contributed by atoms with Crippen LogP contribution >= 0.6 is 12.4 Å². The highest BCUT2D eigenvalue weighted by atomic mass is 35.5. The first-order chi connectivity index (χ1) is 26.3. The van der Waals surface area contributed by atoms with E-state index in [1.165, 1.54) is 55.7 Å². The van der Waals surface area contributed by atoms with Crippen molar-refractivity contribution < 1.29 is 0 Å². The molecule has 4 unspecified atom stereocenters. The molecular formula is C53H65ClN2. The smallest absolute Gasteiger partial charge is 0.0519 e. The molecule has 4 aromatic carbocycles. The van der Waals surface area contributed by atoms with E-state index in [0.29, 0.717) is 23.7 Å². The van der Waals surface area contributed by atoms with Crippen LogP contribution in [-0.4, -0.2) is 41.6 Å². The maximum absolute atomic E-state index is 2.86. The predicted octanol–water partition coefficient (Wildman–Crippen LogP) is 13.2. The number of benzene rings is 4. The number of aryl methyl sites for hydroxylation is 4. The normalized spacial score (nSPS) is 26.2. The zero-order valence-electron chi connectivity index (χ0n) is 35.6. The lowest BCUT2D eigenvalue weighted by atomic mass is 9.62. The van der Waals surface area contributed by atoms with Crippen LogP contribution in [0.1, 0.15) is 110 Å². The van der Waals surface area contributed by atoms with Crippen molar-refractivity contribution >= 4 is 12.4 Å². The van der Waals surface area contributed by atoms with Crippen LogP contribution in [0.2, 0.25) is 0 Å². The molecule has 1 heterocycles. The molecule has 294 valence electrons. The third kappa shape index (κ3) is 7.95. The highest BCUT2D eigenvalue weighted by Gasteiger charge is 2.51. The van der Waals surface area contributed by atoms with E-state index >= 15 is 0 Å². The van der Waals surface area contributed by atoms with Gasteiger partial charge >= 0.3 is 0 Å². The van der Waals surface area contributed by atoms with Crippen LogP contribution in [0.25, 0.3) is 0 Å². The highest BCUT2D eigenvalue weighted by Crippen LogP contribution is 2.53. The van der Waals surface area contributed by atoms with Gasteiger partial charge in [0.25, 0.3) is 0 Å². The van der Waals surface area contributed by atoms with Gasteiger partial charge in [-0.3, -0.25) is 9.80 Å². The molecular weight excluding hydrogens is 700 g/mol. The van der Waals surface area contributed by atoms with Crippen LogP contribution in [0, 0.1) is 38.5 Å². The minimum Gasteiger partial charge on any atom is -0.282 e. The molecule has 7 rings (SSSR count). The Kier molecular flexibility index (Phi) is 12.6. The molecule has 1 saturated heterocycles. The van der Waals surface area contributed by atoms with Crippen molar-refractivity contribution in [3.8, 4) is 0 Å². The van der Waals surface area contributed by atoms with Gasteiger partial charge in [0.1, 0.15) is 0 Å². The summed E-state index contributed by atoms with van der Waals surface area (Å²) >= 11 is 0. The first-order valence-corrected chi connectivity index (χ1v) is 20.8. The lowest BCUT2D eigenvalue weighted by Crippen LogP contribution is -2.53. The summed E-state index contributed by atoms with van der Waals surface area (Å²) in [4.78, 5) is 5.72. The molecule has 2 aliphatic carbocycles. The number of hydrogen-bond acceptors (Lipinski definition) is 2. The SMILES string of the molecule is Cc1cccc([C@@H](C)C2(C)C=CC=C([C@H](C)c3cccc(C)c3)C2N2CCN(C3C([C@H](C)c4cccc(C)c4)=CC=CC3(C)[C@H](C)c3cccc(C)c3)C2)c1.Cl. The third-order valence-electron chi connectivity index (χ3n) is 14.1. The summed E-state index contributed by atoms with van der Waals surface area (Å²) in [5.74, 6) is 1.26. The number of nitrogens with zero attached hydrogens (tertiary/aromatic N) is 2. The van der Waals surface area contributed by atoms with Crippen LogP contribution in [0.5, 0.6) is 0 Å². The van der Waals surface area contributed by atoms with E-state index in [9.17, 15) is 0 Å². The van der Waals surface area contributed by atoms with Crippen molar-refractivity contribution in [1.29, 1.82) is 0 Å². The molecule has 4 aromatic rings. The van der Waals surface area contributed by atoms with Gasteiger partial charge in [-0.25, -0.2) is 0 Å². The van der Waals surface area contributed by atoms with Gasteiger partial charge in [-0.05, 0) is 72.9 Å². The average molecular weight is 766 g/mol. The van der Waals surface area contributed by atoms with Crippen molar-refractivity contribution in [3.05, 3.63) is 189 Å². The molecule has 2 nitrogen and oxygen atoms in total. The fraction of sp³-hybridized carbons (Fsp3) is 0.396. The van der Waals surface area contributed by atoms with E-state index in [-0.39, 0.29) is 35.3 Å². The van der Waals surface area contributed by atoms with Gasteiger partial charge in [0.2, 0.25) is 0 Å². The molecule has 0 aromatic heterocycles. The summed E-state index contributed by atoms with van der Waals surface area (Å²) in [6, 6.07) is 37.3. The van der Waals surface area contributed by atoms with Crippen LogP contribution in [0.15, 0.2) is 145 Å². The van der Waals surface area contributed by atoms with E-state index in [4.69, 9.17) is 0 Å². The summed E-state index contributed by atoms with van der Waals surface area (Å²) < 4.78 is 0. The Morgan fingerprint density at radius 2 is 0.821 bits per heavy atom. The molecule has 0 bridgehead atoms. The topological polar surface area (TPSA) is 6.48 Å². The van der Waals surface area contributed by atoms with Crippen molar-refractivity contribution in [2.75, 3.05) is 19.8 Å². The molecule has 1 aliphatic heterocycles. The van der Waals surface area contributed by atoms with E-state index in [2.05, 4.69) is 213 Å². The summed E-state index contributed by atoms with van der Waals surface area (Å²) in [7, 11) is 0. The Balaban J connectivity index is 0.00000532. The predicted molar refractivity (Wildman–Crippen MR) is 242 cm³/mol. The fourth-order valence-electron chi connectivity index (χ4n) is 10.5. The van der Waals surface area contributed by atoms with Gasteiger partial charge in [0, 0.05) is 47.8 Å². The van der Waals surface area contributed by atoms with Crippen LogP contribution in [-0.2, 0) is 0 Å². The molecule has 0 spiro atoms. The van der Waals surface area contributed by atoms with Crippen molar-refractivity contribution in [1.82, 2.24) is 9.80 Å². The first-order valence-electron chi connectivity index (χ1n) is 20.8. The standard InChI is InChI=1S/C53H64N2.ClH/c1-36-17-11-21-44(31-36)40(5)48-25-15-27-52(9,42(7)46-23-13-19-38(3)33-46)50(48)54-29-30-55(35-54)51-49(41(6)45-22-12-18-37(2)32-45)26-16-28-53(51,10)43(8)47-24-14-20-39(4)34-47;/h11-28,31-34,40-43,50-51H,29-30,35H2,1-10H3;1H/t40-,41-,42-,43-,50?,51?,52?,53?;/m1./s1. The van der Waals surface area contributed by atoms with Gasteiger partial charge in [-0.15, -0.1) is 12.4 Å². The fourth-order valence-corrected chi connectivity index (χ4v) is 10.5. The Bertz CT molecular complexity index is 1990. The second-order valence-electron chi connectivity index (χ2n) is 17.9. The van der Waals surface area contributed by atoms with Gasteiger partial charge in [0.15, 0.2) is 0 Å². The van der Waals surface area contributed by atoms with Gasteiger partial charge in [-0.2, -0.15) is 0 Å². The van der Waals surface area contributed by atoms with Crippen molar-refractivity contribution in [3.63, 3.8) is 0 Å². The van der Waals surface area contributed by atoms with Gasteiger partial charge in [-0.1, -0.05) is 197 Å². The van der Waals surface area contributed by atoms with E-state index < -0.39 is 0 Å². The van der Waals surface area contributed by atoms with Crippen LogP contribution < -0.4 is 0 Å². The molecule has 0 radical (unpaired) electrons. The monoisotopic (exact) mass is 764 g/mol. The Labute approximate surface area is 345 Å². The molecule has 8 atom stereocenters. The highest BCUT2D eigenvalue weighted by molar-refractivity contribution is 5.85. The molecule has 3 heteroatoms. The molecule has 3 aliphatic rings. The van der Waals surface area contributed by atoms with Crippen molar-refractivity contribution in [2.24, 2.45) is 10.8 Å². The van der Waals surface area contributed by atoms with E-state index in [1.54, 1.807) is 0 Å². The van der Waals surface area contributed by atoms with Crippen LogP contribution in [0.4, 0.5) is 0 Å². The second kappa shape index (κ2) is 16.9. The minimum absolute atomic E-state index is 0. The van der Waals surface area contributed by atoms with E-state index in [0.717, 1.165) is 19.8 Å². The van der Waals surface area contributed by atoms with Crippen LogP contribution in [0.3, 0.4) is 0 Å². The van der Waals surface area contributed by atoms with Gasteiger partial charge < -0.3 is 0 Å². The zero-order chi connectivity index (χ0) is 39.1. The number of allylic oxidation sites excluding steroid dienone is 4. The zero-order valence-corrected chi connectivity index (χ0v) is 36.4. The lowest BCUT2D eigenvalue weighted by molar-refractivity contribution is 0.0771. The summed E-state index contributed by atoms with van der Waals surface area (Å²) in [6.07, 6.45) is 14.7. The first kappa shape index (κ1) is 41.7. The molecule has 56 heavy (non-hydrogen) atoms. The van der Waals surface area contributed by atoms with Gasteiger partial charge in [0.05, 0.1) is 6.67 Å². The molecule has 1 fully saturated rings. The number of halogens is 1. The average Bonchev–Trinajstić information content (AvgIpc) is 3.65. The quantitative estimate of drug-likeness (QED) is 0.159.